The molecule has 1 saturated carbocycles. The molecule has 2 unspecified atom stereocenters. The summed E-state index contributed by atoms with van der Waals surface area (Å²) in [5.74, 6) is -1.10. The first kappa shape index (κ1) is 12.3. The minimum absolute atomic E-state index is 0.142. The number of carboxylic acid groups (broad SMARTS) is 1. The van der Waals surface area contributed by atoms with Gasteiger partial charge in [-0.15, -0.1) is 0 Å². The van der Waals surface area contributed by atoms with Gasteiger partial charge in [-0.25, -0.2) is 0 Å². The molecule has 0 aromatic heterocycles. The van der Waals surface area contributed by atoms with Crippen LogP contribution in [0.15, 0.2) is 0 Å². The predicted molar refractivity (Wildman–Crippen MR) is 59.5 cm³/mol. The van der Waals surface area contributed by atoms with Crippen LogP contribution in [0.5, 0.6) is 0 Å². The first-order chi connectivity index (χ1) is 8.02. The van der Waals surface area contributed by atoms with Gasteiger partial charge in [-0.3, -0.25) is 9.59 Å². The van der Waals surface area contributed by atoms with E-state index < -0.39 is 17.4 Å². The van der Waals surface area contributed by atoms with Crippen LogP contribution in [-0.4, -0.2) is 48.8 Å². The minimum Gasteiger partial charge on any atom is -0.481 e. The second-order valence-electron chi connectivity index (χ2n) is 5.01. The van der Waals surface area contributed by atoms with Gasteiger partial charge in [0.2, 0.25) is 5.91 Å². The van der Waals surface area contributed by atoms with E-state index >= 15 is 0 Å². The van der Waals surface area contributed by atoms with Crippen LogP contribution in [0.3, 0.4) is 0 Å². The third-order valence-electron chi connectivity index (χ3n) is 3.41. The lowest BCUT2D eigenvalue weighted by Gasteiger charge is -2.25. The lowest BCUT2D eigenvalue weighted by molar-refractivity contribution is -0.149. The largest absolute Gasteiger partial charge is 0.481 e. The number of nitrogens with one attached hydrogen (secondary N) is 2. The number of carbonyl (C=O) groups is 2. The molecule has 0 aromatic rings. The van der Waals surface area contributed by atoms with Gasteiger partial charge in [0, 0.05) is 6.04 Å². The topological polar surface area (TPSA) is 87.7 Å². The van der Waals surface area contributed by atoms with E-state index in [0.29, 0.717) is 6.04 Å². The number of carbonyl (C=O) groups excluding carboxylic acids is 1. The number of aliphatic carboxylic acids is 1. The van der Waals surface area contributed by atoms with Gasteiger partial charge in [0.05, 0.1) is 25.8 Å². The van der Waals surface area contributed by atoms with E-state index in [9.17, 15) is 9.59 Å². The highest BCUT2D eigenvalue weighted by atomic mass is 16.5. The Hall–Kier alpha value is -1.14. The number of rotatable bonds is 5. The van der Waals surface area contributed by atoms with E-state index in [1.165, 1.54) is 0 Å². The van der Waals surface area contributed by atoms with Crippen molar-refractivity contribution in [2.45, 2.75) is 31.8 Å². The SMILES string of the molecule is CC1(C(=O)O)COCC1NC(=O)CNC1CC1. The second-order valence-corrected chi connectivity index (χ2v) is 5.01. The summed E-state index contributed by atoms with van der Waals surface area (Å²) in [6.45, 7) is 2.25. The minimum atomic E-state index is -1.02. The van der Waals surface area contributed by atoms with Crippen molar-refractivity contribution in [1.29, 1.82) is 0 Å². The van der Waals surface area contributed by atoms with E-state index in [0.717, 1.165) is 12.8 Å². The van der Waals surface area contributed by atoms with Crippen LogP contribution in [0, 0.1) is 5.41 Å². The molecule has 2 atom stereocenters. The van der Waals surface area contributed by atoms with Gasteiger partial charge >= 0.3 is 5.97 Å². The van der Waals surface area contributed by atoms with Crippen molar-refractivity contribution in [3.63, 3.8) is 0 Å². The summed E-state index contributed by atoms with van der Waals surface area (Å²) >= 11 is 0. The molecule has 0 bridgehead atoms. The van der Waals surface area contributed by atoms with Crippen molar-refractivity contribution in [3.05, 3.63) is 0 Å². The Kier molecular flexibility index (Phi) is 3.35. The zero-order valence-corrected chi connectivity index (χ0v) is 9.86. The molecule has 0 aromatic carbocycles. The molecule has 6 nitrogen and oxygen atoms in total. The van der Waals surface area contributed by atoms with Crippen molar-refractivity contribution in [2.24, 2.45) is 5.41 Å². The molecule has 2 aliphatic rings. The Labute approximate surface area is 99.7 Å². The van der Waals surface area contributed by atoms with E-state index in [4.69, 9.17) is 9.84 Å². The molecule has 1 saturated heterocycles. The summed E-state index contributed by atoms with van der Waals surface area (Å²) in [7, 11) is 0. The maximum absolute atomic E-state index is 11.6. The van der Waals surface area contributed by atoms with Crippen molar-refractivity contribution in [1.82, 2.24) is 10.6 Å². The summed E-state index contributed by atoms with van der Waals surface area (Å²) in [5, 5.41) is 15.0. The monoisotopic (exact) mass is 242 g/mol. The van der Waals surface area contributed by atoms with Crippen LogP contribution in [-0.2, 0) is 14.3 Å². The first-order valence-electron chi connectivity index (χ1n) is 5.86. The smallest absolute Gasteiger partial charge is 0.313 e. The third kappa shape index (κ3) is 2.76. The van der Waals surface area contributed by atoms with E-state index in [2.05, 4.69) is 10.6 Å². The lowest BCUT2D eigenvalue weighted by Crippen LogP contribution is -2.51. The maximum Gasteiger partial charge on any atom is 0.313 e. The number of ether oxygens (including phenoxy) is 1. The normalized spacial score (nSPS) is 32.4. The molecule has 0 spiro atoms. The predicted octanol–water partition coefficient (Wildman–Crippen LogP) is -0.656. The van der Waals surface area contributed by atoms with Crippen LogP contribution < -0.4 is 10.6 Å². The third-order valence-corrected chi connectivity index (χ3v) is 3.41. The van der Waals surface area contributed by atoms with Gasteiger partial charge < -0.3 is 20.5 Å². The van der Waals surface area contributed by atoms with Crippen molar-refractivity contribution in [3.8, 4) is 0 Å². The number of carboxylic acids is 1. The van der Waals surface area contributed by atoms with E-state index in [1.807, 2.05) is 0 Å². The van der Waals surface area contributed by atoms with Crippen molar-refractivity contribution in [2.75, 3.05) is 19.8 Å². The summed E-state index contributed by atoms with van der Waals surface area (Å²) in [6, 6.07) is 0.0138. The van der Waals surface area contributed by atoms with Gasteiger partial charge in [-0.05, 0) is 19.8 Å². The highest BCUT2D eigenvalue weighted by molar-refractivity contribution is 5.81. The number of amides is 1. The molecular weight excluding hydrogens is 224 g/mol. The summed E-state index contributed by atoms with van der Waals surface area (Å²) < 4.78 is 5.16. The molecule has 3 N–H and O–H groups in total. The highest BCUT2D eigenvalue weighted by Crippen LogP contribution is 2.28. The number of hydrogen-bond donors (Lipinski definition) is 3. The number of hydrogen-bond acceptors (Lipinski definition) is 4. The van der Waals surface area contributed by atoms with Gasteiger partial charge in [0.15, 0.2) is 0 Å². The zero-order chi connectivity index (χ0) is 12.5. The molecule has 0 radical (unpaired) electrons. The molecule has 96 valence electrons. The molecule has 2 fully saturated rings. The molecule has 1 heterocycles. The van der Waals surface area contributed by atoms with Crippen LogP contribution >= 0.6 is 0 Å². The molecule has 6 heteroatoms. The Morgan fingerprint density at radius 2 is 2.18 bits per heavy atom. The molecule has 1 aliphatic carbocycles. The average Bonchev–Trinajstić information content (AvgIpc) is 3.02. The van der Waals surface area contributed by atoms with Crippen LogP contribution in [0.2, 0.25) is 0 Å². The highest BCUT2D eigenvalue weighted by Gasteiger charge is 2.47. The Morgan fingerprint density at radius 3 is 2.76 bits per heavy atom. The Bertz CT molecular complexity index is 329. The Morgan fingerprint density at radius 1 is 1.47 bits per heavy atom. The van der Waals surface area contributed by atoms with Gasteiger partial charge in [0.25, 0.3) is 0 Å². The summed E-state index contributed by atoms with van der Waals surface area (Å²) in [6.07, 6.45) is 2.24. The molecule has 1 amide bonds. The van der Waals surface area contributed by atoms with Crippen molar-refractivity contribution < 1.29 is 19.4 Å². The lowest BCUT2D eigenvalue weighted by atomic mass is 9.85. The fourth-order valence-electron chi connectivity index (χ4n) is 1.85. The Balaban J connectivity index is 1.83. The quantitative estimate of drug-likeness (QED) is 0.596. The molecule has 2 rings (SSSR count). The zero-order valence-electron chi connectivity index (χ0n) is 9.86. The van der Waals surface area contributed by atoms with E-state index in [1.54, 1.807) is 6.92 Å². The summed E-state index contributed by atoms with van der Waals surface area (Å²) in [4.78, 5) is 22.8. The second kappa shape index (κ2) is 4.62. The molecule has 1 aliphatic heterocycles. The molecular formula is C11H18N2O4. The van der Waals surface area contributed by atoms with Crippen molar-refractivity contribution >= 4 is 11.9 Å². The average molecular weight is 242 g/mol. The molecule has 17 heavy (non-hydrogen) atoms. The summed E-state index contributed by atoms with van der Waals surface area (Å²) in [5.41, 5.74) is -1.02. The van der Waals surface area contributed by atoms with Crippen LogP contribution in [0.1, 0.15) is 19.8 Å². The van der Waals surface area contributed by atoms with E-state index in [-0.39, 0.29) is 25.7 Å². The fraction of sp³-hybridized carbons (Fsp3) is 0.818. The van der Waals surface area contributed by atoms with Crippen LogP contribution in [0.25, 0.3) is 0 Å². The standard InChI is InChI=1S/C11H18N2O4/c1-11(10(15)16)6-17-5-8(11)13-9(14)4-12-7-2-3-7/h7-8,12H,2-6H2,1H3,(H,13,14)(H,15,16). The van der Waals surface area contributed by atoms with Gasteiger partial charge in [0.1, 0.15) is 5.41 Å². The van der Waals surface area contributed by atoms with Crippen LogP contribution in [0.4, 0.5) is 0 Å². The maximum atomic E-state index is 11.6. The van der Waals surface area contributed by atoms with Gasteiger partial charge in [-0.2, -0.15) is 0 Å². The van der Waals surface area contributed by atoms with Gasteiger partial charge in [-0.1, -0.05) is 0 Å². The fourth-order valence-corrected chi connectivity index (χ4v) is 1.85. The first-order valence-corrected chi connectivity index (χ1v) is 5.86.